The van der Waals surface area contributed by atoms with Crippen molar-refractivity contribution in [1.82, 2.24) is 4.98 Å². The summed E-state index contributed by atoms with van der Waals surface area (Å²) in [6.45, 7) is 9.84. The van der Waals surface area contributed by atoms with Crippen molar-refractivity contribution in [3.05, 3.63) is 69.4 Å². The molecule has 146 valence electrons. The molecule has 0 radical (unpaired) electrons. The summed E-state index contributed by atoms with van der Waals surface area (Å²) in [5.74, 6) is 0.0849. The molecule has 2 aromatic rings. The molecule has 0 saturated carbocycles. The second-order valence-electron chi connectivity index (χ2n) is 6.55. The van der Waals surface area contributed by atoms with Crippen LogP contribution >= 0.6 is 0 Å². The lowest BCUT2D eigenvalue weighted by molar-refractivity contribution is 0.455. The van der Waals surface area contributed by atoms with E-state index in [1.807, 2.05) is 39.0 Å². The lowest BCUT2D eigenvalue weighted by atomic mass is 9.98. The fourth-order valence-corrected chi connectivity index (χ4v) is 3.21. The molecule has 4 heteroatoms. The number of hydrogen-bond donors (Lipinski definition) is 3. The molecule has 1 aromatic carbocycles. The van der Waals surface area contributed by atoms with Crippen molar-refractivity contribution in [1.29, 1.82) is 5.41 Å². The van der Waals surface area contributed by atoms with Gasteiger partial charge in [-0.3, -0.25) is 4.99 Å². The number of nitrogens with zero attached hydrogens (tertiary/aromatic N) is 1. The molecule has 0 unspecified atom stereocenters. The fourth-order valence-electron chi connectivity index (χ4n) is 3.21. The quantitative estimate of drug-likeness (QED) is 0.641. The molecule has 0 spiro atoms. The maximum atomic E-state index is 10.6. The summed E-state index contributed by atoms with van der Waals surface area (Å²) < 4.78 is 0. The van der Waals surface area contributed by atoms with Crippen LogP contribution in [0, 0.1) is 12.3 Å². The Labute approximate surface area is 166 Å². The van der Waals surface area contributed by atoms with Crippen molar-refractivity contribution >= 4 is 29.7 Å². The number of hydrogen-bond acceptors (Lipinski definition) is 3. The molecule has 0 aliphatic heterocycles. The lowest BCUT2D eigenvalue weighted by Gasteiger charge is -2.07. The van der Waals surface area contributed by atoms with E-state index in [0.717, 1.165) is 22.6 Å². The molecule has 1 aromatic heterocycles. The Morgan fingerprint density at radius 2 is 1.96 bits per heavy atom. The van der Waals surface area contributed by atoms with Gasteiger partial charge in [0, 0.05) is 16.8 Å². The zero-order valence-corrected chi connectivity index (χ0v) is 17.3. The molecule has 0 fully saturated rings. The zero-order valence-electron chi connectivity index (χ0n) is 17.3. The molecule has 3 N–H and O–H groups in total. The molecular weight excluding hydrogens is 346 g/mol. The second-order valence-corrected chi connectivity index (χ2v) is 6.55. The Morgan fingerprint density at radius 1 is 1.25 bits per heavy atom. The molecule has 0 saturated heterocycles. The molecular formula is C24H29N3O. The average molecular weight is 376 g/mol. The summed E-state index contributed by atoms with van der Waals surface area (Å²) in [7, 11) is 0. The third-order valence-corrected chi connectivity index (χ3v) is 4.62. The summed E-state index contributed by atoms with van der Waals surface area (Å²) >= 11 is 0. The van der Waals surface area contributed by atoms with Gasteiger partial charge in [0.05, 0.1) is 17.0 Å². The van der Waals surface area contributed by atoms with E-state index in [1.54, 1.807) is 6.08 Å². The monoisotopic (exact) mass is 375 g/mol. The van der Waals surface area contributed by atoms with Gasteiger partial charge in [-0.05, 0) is 56.9 Å². The van der Waals surface area contributed by atoms with Crippen molar-refractivity contribution in [3.63, 3.8) is 0 Å². The molecule has 0 atom stereocenters. The second kappa shape index (κ2) is 9.70. The number of benzene rings is 1. The highest BCUT2D eigenvalue weighted by Crippen LogP contribution is 2.21. The lowest BCUT2D eigenvalue weighted by Crippen LogP contribution is -2.26. The van der Waals surface area contributed by atoms with Crippen LogP contribution in [0.2, 0.25) is 0 Å². The van der Waals surface area contributed by atoms with Crippen LogP contribution in [0.3, 0.4) is 0 Å². The van der Waals surface area contributed by atoms with E-state index < -0.39 is 0 Å². The molecule has 28 heavy (non-hydrogen) atoms. The third-order valence-electron chi connectivity index (χ3n) is 4.62. The maximum absolute atomic E-state index is 10.6. The predicted molar refractivity (Wildman–Crippen MR) is 121 cm³/mol. The number of rotatable bonds is 6. The largest absolute Gasteiger partial charge is 0.494 e. The molecule has 0 aliphatic carbocycles. The van der Waals surface area contributed by atoms with Gasteiger partial charge in [-0.25, -0.2) is 0 Å². The van der Waals surface area contributed by atoms with Gasteiger partial charge in [-0.2, -0.15) is 0 Å². The molecule has 0 bridgehead atoms. The molecule has 4 nitrogen and oxygen atoms in total. The van der Waals surface area contributed by atoms with E-state index in [9.17, 15) is 5.11 Å². The first-order valence-electron chi connectivity index (χ1n) is 9.54. The normalized spacial score (nSPS) is 14.7. The van der Waals surface area contributed by atoms with Gasteiger partial charge >= 0.3 is 0 Å². The SMILES string of the molecule is C/C=C(\C=N)N=C(C)c1c(O)[nH]c(=C/C)/c1=C\C(=C\CC)c1ccccc1C. The molecule has 1 heterocycles. The highest BCUT2D eigenvalue weighted by atomic mass is 16.3. The Morgan fingerprint density at radius 3 is 2.54 bits per heavy atom. The summed E-state index contributed by atoms with van der Waals surface area (Å²) in [6, 6.07) is 8.29. The number of nitrogens with one attached hydrogen (secondary N) is 2. The number of aromatic amines is 1. The van der Waals surface area contributed by atoms with E-state index >= 15 is 0 Å². The maximum Gasteiger partial charge on any atom is 0.198 e. The fraction of sp³-hybridized carbons (Fsp3) is 0.250. The number of aliphatic imine (C=N–C) groups is 1. The van der Waals surface area contributed by atoms with Crippen molar-refractivity contribution in [2.24, 2.45) is 4.99 Å². The highest BCUT2D eigenvalue weighted by Gasteiger charge is 2.12. The van der Waals surface area contributed by atoms with Crippen LogP contribution in [-0.2, 0) is 0 Å². The van der Waals surface area contributed by atoms with E-state index in [4.69, 9.17) is 5.41 Å². The van der Waals surface area contributed by atoms with Gasteiger partial charge in [-0.1, -0.05) is 49.4 Å². The smallest absolute Gasteiger partial charge is 0.198 e. The minimum absolute atomic E-state index is 0.0849. The van der Waals surface area contributed by atoms with E-state index in [-0.39, 0.29) is 5.88 Å². The Kier molecular flexibility index (Phi) is 7.33. The van der Waals surface area contributed by atoms with Crippen molar-refractivity contribution in [2.75, 3.05) is 0 Å². The molecule has 2 rings (SSSR count). The summed E-state index contributed by atoms with van der Waals surface area (Å²) in [4.78, 5) is 7.55. The standard InChI is InChI=1S/C24H29N3O/c1-6-11-18(20-13-10-9-12-16(20)4)14-21-22(8-3)27-24(28)23(21)17(5)26-19(7-2)15-25/h7-15,25,27-28H,6H2,1-5H3/b18-11-,19-7+,21-14+,22-8+,25-15?,26-17?. The molecule has 0 amide bonds. The van der Waals surface area contributed by atoms with Gasteiger partial charge < -0.3 is 15.5 Å². The number of aromatic hydroxyl groups is 1. The van der Waals surface area contributed by atoms with Crippen molar-refractivity contribution < 1.29 is 5.11 Å². The van der Waals surface area contributed by atoms with Crippen LogP contribution in [0.1, 0.15) is 50.8 Å². The zero-order chi connectivity index (χ0) is 20.7. The van der Waals surface area contributed by atoms with Crippen LogP contribution in [0.25, 0.3) is 17.7 Å². The number of H-pyrrole nitrogens is 1. The Hall–Kier alpha value is -3.14. The molecule has 0 aliphatic rings. The summed E-state index contributed by atoms with van der Waals surface area (Å²) in [6.07, 6.45) is 10.1. The van der Waals surface area contributed by atoms with Crippen molar-refractivity contribution in [2.45, 2.75) is 41.0 Å². The minimum atomic E-state index is 0.0849. The third kappa shape index (κ3) is 4.58. The van der Waals surface area contributed by atoms with Crippen LogP contribution in [0.15, 0.2) is 47.1 Å². The number of allylic oxidation sites excluding steroid dienone is 4. The van der Waals surface area contributed by atoms with Crippen LogP contribution in [0.5, 0.6) is 5.88 Å². The highest BCUT2D eigenvalue weighted by molar-refractivity contribution is 6.04. The average Bonchev–Trinajstić information content (AvgIpc) is 3.01. The number of aryl methyl sites for hydroxylation is 1. The topological polar surface area (TPSA) is 72.2 Å². The summed E-state index contributed by atoms with van der Waals surface area (Å²) in [5.41, 5.74) is 5.34. The first-order valence-corrected chi connectivity index (χ1v) is 9.54. The van der Waals surface area contributed by atoms with E-state index in [2.05, 4.69) is 48.1 Å². The van der Waals surface area contributed by atoms with Gasteiger partial charge in [0.25, 0.3) is 0 Å². The Bertz CT molecular complexity index is 1070. The van der Waals surface area contributed by atoms with Gasteiger partial charge in [0.1, 0.15) is 0 Å². The van der Waals surface area contributed by atoms with E-state index in [1.165, 1.54) is 17.3 Å². The van der Waals surface area contributed by atoms with Gasteiger partial charge in [0.2, 0.25) is 0 Å². The minimum Gasteiger partial charge on any atom is -0.494 e. The first-order chi connectivity index (χ1) is 13.5. The van der Waals surface area contributed by atoms with Crippen LogP contribution in [-0.4, -0.2) is 22.0 Å². The number of aromatic nitrogens is 1. The predicted octanol–water partition coefficient (Wildman–Crippen LogP) is 4.47. The summed E-state index contributed by atoms with van der Waals surface area (Å²) in [5, 5.41) is 19.8. The van der Waals surface area contributed by atoms with Gasteiger partial charge in [-0.15, -0.1) is 0 Å². The van der Waals surface area contributed by atoms with Gasteiger partial charge in [0.15, 0.2) is 5.88 Å². The van der Waals surface area contributed by atoms with Crippen LogP contribution in [0.4, 0.5) is 0 Å². The van der Waals surface area contributed by atoms with E-state index in [0.29, 0.717) is 17.0 Å². The first kappa shape index (κ1) is 21.2. The van der Waals surface area contributed by atoms with Crippen molar-refractivity contribution in [3.8, 4) is 5.88 Å². The van der Waals surface area contributed by atoms with Crippen LogP contribution < -0.4 is 10.6 Å². The Balaban J connectivity index is 2.82.